The molecule has 0 radical (unpaired) electrons. The first-order valence-electron chi connectivity index (χ1n) is 13.2. The molecule has 2 saturated heterocycles. The number of carbonyl (C=O) groups excluding carboxylic acids is 3. The fraction of sp³-hybridized carbons (Fsp3) is 0.414. The van der Waals surface area contributed by atoms with E-state index >= 15 is 0 Å². The molecule has 3 amide bonds. The fourth-order valence-electron chi connectivity index (χ4n) is 5.81. The smallest absolute Gasteiger partial charge is 0.270 e. The van der Waals surface area contributed by atoms with Crippen LogP contribution in [0.5, 0.6) is 5.75 Å². The molecule has 198 valence electrons. The van der Waals surface area contributed by atoms with Crippen LogP contribution >= 0.6 is 11.6 Å². The summed E-state index contributed by atoms with van der Waals surface area (Å²) in [4.78, 5) is 48.2. The molecule has 1 N–H and O–H groups in total. The maximum absolute atomic E-state index is 14.6. The van der Waals surface area contributed by atoms with Gasteiger partial charge in [-0.3, -0.25) is 14.4 Å². The van der Waals surface area contributed by atoms with Crippen LogP contribution in [0.3, 0.4) is 0 Å². The van der Waals surface area contributed by atoms with Crippen molar-refractivity contribution >= 4 is 40.7 Å². The molecule has 2 unspecified atom stereocenters. The molecular formula is C29H31ClN4O4. The van der Waals surface area contributed by atoms with Crippen LogP contribution in [0.15, 0.2) is 48.7 Å². The Labute approximate surface area is 226 Å². The van der Waals surface area contributed by atoms with Gasteiger partial charge in [0.2, 0.25) is 17.9 Å². The minimum Gasteiger partial charge on any atom is -0.474 e. The van der Waals surface area contributed by atoms with Gasteiger partial charge in [-0.05, 0) is 49.9 Å². The molecule has 1 aromatic heterocycles. The average Bonchev–Trinajstić information content (AvgIpc) is 3.59. The normalized spacial score (nSPS) is 23.8. The van der Waals surface area contributed by atoms with Gasteiger partial charge in [-0.25, -0.2) is 0 Å². The summed E-state index contributed by atoms with van der Waals surface area (Å²) in [5, 5.41) is 1.51. The lowest BCUT2D eigenvalue weighted by Gasteiger charge is -2.42. The number of nitrogens with zero attached hydrogens (tertiary/aromatic N) is 3. The second kappa shape index (κ2) is 9.66. The van der Waals surface area contributed by atoms with Crippen LogP contribution in [-0.2, 0) is 14.4 Å². The van der Waals surface area contributed by atoms with E-state index in [1.165, 1.54) is 0 Å². The highest BCUT2D eigenvalue weighted by Gasteiger charge is 2.62. The van der Waals surface area contributed by atoms with Crippen molar-refractivity contribution in [2.75, 3.05) is 32.7 Å². The Balaban J connectivity index is 1.49. The predicted octanol–water partition coefficient (Wildman–Crippen LogP) is 3.93. The largest absolute Gasteiger partial charge is 0.474 e. The summed E-state index contributed by atoms with van der Waals surface area (Å²) in [6, 6.07) is 12.6. The number of rotatable bonds is 7. The number of piperazine rings is 1. The monoisotopic (exact) mass is 534 g/mol. The molecule has 6 rings (SSSR count). The van der Waals surface area contributed by atoms with Crippen LogP contribution in [0, 0.1) is 12.8 Å². The number of aryl methyl sites for hydroxylation is 1. The number of benzene rings is 2. The van der Waals surface area contributed by atoms with Gasteiger partial charge in [0.05, 0.1) is 6.42 Å². The Morgan fingerprint density at radius 1 is 1.13 bits per heavy atom. The fourth-order valence-corrected chi connectivity index (χ4v) is 5.99. The van der Waals surface area contributed by atoms with Crippen LogP contribution in [0.4, 0.5) is 0 Å². The van der Waals surface area contributed by atoms with Crippen molar-refractivity contribution in [3.05, 3.63) is 64.8 Å². The summed E-state index contributed by atoms with van der Waals surface area (Å²) in [5.41, 5.74) is 1.30. The SMILES string of the molecule is Cc1ccc(OC2(C(=O)N3CCN(C=O)CC3)CC(=O)N(CC3CC3)C2c2c[nH]c3cc(Cl)ccc23)cc1. The van der Waals surface area contributed by atoms with E-state index in [2.05, 4.69) is 4.98 Å². The highest BCUT2D eigenvalue weighted by Crippen LogP contribution is 2.49. The summed E-state index contributed by atoms with van der Waals surface area (Å²) in [6.07, 6.45) is 4.80. The number of halogens is 1. The van der Waals surface area contributed by atoms with Gasteiger partial charge in [0.1, 0.15) is 11.8 Å². The average molecular weight is 535 g/mol. The molecule has 2 atom stereocenters. The van der Waals surface area contributed by atoms with E-state index in [4.69, 9.17) is 16.3 Å². The minimum absolute atomic E-state index is 0.0503. The second-order valence-corrected chi connectivity index (χ2v) is 11.2. The van der Waals surface area contributed by atoms with Crippen LogP contribution in [0.1, 0.15) is 36.4 Å². The summed E-state index contributed by atoms with van der Waals surface area (Å²) in [5.74, 6) is 0.674. The number of nitrogens with one attached hydrogen (secondary N) is 1. The van der Waals surface area contributed by atoms with Gasteiger partial charge < -0.3 is 24.4 Å². The number of hydrogen-bond acceptors (Lipinski definition) is 4. The molecule has 8 nitrogen and oxygen atoms in total. The first-order chi connectivity index (χ1) is 18.4. The van der Waals surface area contributed by atoms with Crippen molar-refractivity contribution in [1.82, 2.24) is 19.7 Å². The number of fused-ring (bicyclic) bond motifs is 1. The molecule has 2 aliphatic heterocycles. The summed E-state index contributed by atoms with van der Waals surface area (Å²) in [6.45, 7) is 4.27. The van der Waals surface area contributed by atoms with Crippen LogP contribution < -0.4 is 4.74 Å². The number of ether oxygens (including phenoxy) is 1. The quantitative estimate of drug-likeness (QED) is 0.465. The topological polar surface area (TPSA) is 85.9 Å². The zero-order valence-corrected chi connectivity index (χ0v) is 22.1. The van der Waals surface area contributed by atoms with E-state index in [0.717, 1.165) is 41.3 Å². The first kappa shape index (κ1) is 24.8. The number of carbonyl (C=O) groups is 3. The molecule has 3 heterocycles. The molecule has 3 aromatic rings. The minimum atomic E-state index is -1.46. The lowest BCUT2D eigenvalue weighted by atomic mass is 9.86. The van der Waals surface area contributed by atoms with Gasteiger partial charge in [0, 0.05) is 60.4 Å². The van der Waals surface area contributed by atoms with Crippen LogP contribution in [-0.4, -0.2) is 76.2 Å². The number of aromatic amines is 1. The molecular weight excluding hydrogens is 504 g/mol. The van der Waals surface area contributed by atoms with Crippen molar-refractivity contribution < 1.29 is 19.1 Å². The van der Waals surface area contributed by atoms with Crippen molar-refractivity contribution in [1.29, 1.82) is 0 Å². The third kappa shape index (κ3) is 4.41. The standard InChI is InChI=1S/C29H31ClN4O4/c1-19-2-7-22(8-3-19)38-29(28(37)33-12-10-32(18-35)11-13-33)15-26(36)34(17-20-4-5-20)27(29)24-16-31-25-14-21(30)6-9-23(24)25/h2-3,6-9,14,16,18,20,27,31H,4-5,10-13,15,17H2,1H3. The second-order valence-electron chi connectivity index (χ2n) is 10.7. The summed E-state index contributed by atoms with van der Waals surface area (Å²) >= 11 is 6.27. The third-order valence-electron chi connectivity index (χ3n) is 8.04. The van der Waals surface area contributed by atoms with Gasteiger partial charge in [0.25, 0.3) is 5.91 Å². The molecule has 0 bridgehead atoms. The molecule has 2 aromatic carbocycles. The zero-order valence-electron chi connectivity index (χ0n) is 21.4. The molecule has 38 heavy (non-hydrogen) atoms. The summed E-state index contributed by atoms with van der Waals surface area (Å²) < 4.78 is 6.72. The Hall–Kier alpha value is -3.52. The Kier molecular flexibility index (Phi) is 6.30. The van der Waals surface area contributed by atoms with Crippen molar-refractivity contribution in [3.63, 3.8) is 0 Å². The van der Waals surface area contributed by atoms with E-state index in [-0.39, 0.29) is 18.2 Å². The van der Waals surface area contributed by atoms with E-state index in [1.54, 1.807) is 9.80 Å². The number of H-pyrrole nitrogens is 1. The highest BCUT2D eigenvalue weighted by atomic mass is 35.5. The van der Waals surface area contributed by atoms with Gasteiger partial charge in [0.15, 0.2) is 0 Å². The molecule has 0 spiro atoms. The number of hydrogen-bond donors (Lipinski definition) is 1. The Bertz CT molecular complexity index is 1380. The molecule has 3 fully saturated rings. The lowest BCUT2D eigenvalue weighted by molar-refractivity contribution is -0.153. The molecule has 1 aliphatic carbocycles. The number of aromatic nitrogens is 1. The Morgan fingerprint density at radius 3 is 2.55 bits per heavy atom. The zero-order chi connectivity index (χ0) is 26.4. The first-order valence-corrected chi connectivity index (χ1v) is 13.6. The molecule has 1 saturated carbocycles. The van der Waals surface area contributed by atoms with Crippen molar-refractivity contribution in [2.24, 2.45) is 5.92 Å². The maximum atomic E-state index is 14.6. The number of amides is 3. The van der Waals surface area contributed by atoms with E-state index in [1.807, 2.05) is 60.5 Å². The van der Waals surface area contributed by atoms with Gasteiger partial charge in [-0.15, -0.1) is 0 Å². The van der Waals surface area contributed by atoms with Crippen molar-refractivity contribution in [2.45, 2.75) is 37.8 Å². The van der Waals surface area contributed by atoms with E-state index < -0.39 is 11.6 Å². The maximum Gasteiger partial charge on any atom is 0.270 e. The molecule has 3 aliphatic rings. The van der Waals surface area contributed by atoms with Gasteiger partial charge in [-0.2, -0.15) is 0 Å². The van der Waals surface area contributed by atoms with Gasteiger partial charge in [-0.1, -0.05) is 35.4 Å². The summed E-state index contributed by atoms with van der Waals surface area (Å²) in [7, 11) is 0. The van der Waals surface area contributed by atoms with Crippen LogP contribution in [0.2, 0.25) is 5.02 Å². The van der Waals surface area contributed by atoms with E-state index in [9.17, 15) is 14.4 Å². The van der Waals surface area contributed by atoms with Crippen LogP contribution in [0.25, 0.3) is 10.9 Å². The lowest BCUT2D eigenvalue weighted by Crippen LogP contribution is -2.59. The van der Waals surface area contributed by atoms with E-state index in [0.29, 0.717) is 49.4 Å². The van der Waals surface area contributed by atoms with Crippen molar-refractivity contribution in [3.8, 4) is 5.75 Å². The number of likely N-dealkylation sites (tertiary alicyclic amines) is 1. The Morgan fingerprint density at radius 2 is 1.87 bits per heavy atom. The highest BCUT2D eigenvalue weighted by molar-refractivity contribution is 6.31. The predicted molar refractivity (Wildman–Crippen MR) is 144 cm³/mol. The third-order valence-corrected chi connectivity index (χ3v) is 8.28. The molecule has 9 heteroatoms. The van der Waals surface area contributed by atoms with Gasteiger partial charge >= 0.3 is 0 Å².